The Balaban J connectivity index is 2.05. The van der Waals surface area contributed by atoms with Crippen molar-refractivity contribution in [3.8, 4) is 0 Å². The SMILES string of the molecule is CC(C)CCOCCC(O)C1CCCC(C)C1. The van der Waals surface area contributed by atoms with E-state index in [2.05, 4.69) is 20.8 Å². The molecule has 1 fully saturated rings. The van der Waals surface area contributed by atoms with Crippen LogP contribution in [0.1, 0.15) is 59.3 Å². The van der Waals surface area contributed by atoms with Crippen molar-refractivity contribution in [3.05, 3.63) is 0 Å². The third-order valence-electron chi connectivity index (χ3n) is 3.92. The summed E-state index contributed by atoms with van der Waals surface area (Å²) in [6, 6.07) is 0. The summed E-state index contributed by atoms with van der Waals surface area (Å²) in [4.78, 5) is 0. The molecule has 0 radical (unpaired) electrons. The van der Waals surface area contributed by atoms with Crippen LogP contribution in [0.3, 0.4) is 0 Å². The number of hydrogen-bond acceptors (Lipinski definition) is 2. The van der Waals surface area contributed by atoms with Crippen LogP contribution >= 0.6 is 0 Å². The van der Waals surface area contributed by atoms with E-state index in [0.29, 0.717) is 11.8 Å². The zero-order chi connectivity index (χ0) is 12.7. The zero-order valence-corrected chi connectivity index (χ0v) is 11.8. The highest BCUT2D eigenvalue weighted by Crippen LogP contribution is 2.31. The second kappa shape index (κ2) is 8.10. The molecule has 1 saturated carbocycles. The Bertz CT molecular complexity index is 191. The van der Waals surface area contributed by atoms with Gasteiger partial charge in [0.2, 0.25) is 0 Å². The van der Waals surface area contributed by atoms with E-state index < -0.39 is 0 Å². The lowest BCUT2D eigenvalue weighted by Gasteiger charge is -2.30. The Labute approximate surface area is 107 Å². The first kappa shape index (κ1) is 15.0. The van der Waals surface area contributed by atoms with Crippen molar-refractivity contribution in [2.24, 2.45) is 17.8 Å². The van der Waals surface area contributed by atoms with Crippen molar-refractivity contribution in [2.75, 3.05) is 13.2 Å². The maximum absolute atomic E-state index is 10.1. The molecule has 0 aromatic rings. The van der Waals surface area contributed by atoms with E-state index in [1.54, 1.807) is 0 Å². The molecular formula is C15H30O2. The van der Waals surface area contributed by atoms with Gasteiger partial charge < -0.3 is 9.84 Å². The Kier molecular flexibility index (Phi) is 7.14. The van der Waals surface area contributed by atoms with Crippen LogP contribution in [0.4, 0.5) is 0 Å². The maximum atomic E-state index is 10.1. The van der Waals surface area contributed by atoms with E-state index in [1.807, 2.05) is 0 Å². The van der Waals surface area contributed by atoms with Crippen molar-refractivity contribution < 1.29 is 9.84 Å². The van der Waals surface area contributed by atoms with Gasteiger partial charge in [0.25, 0.3) is 0 Å². The third-order valence-corrected chi connectivity index (χ3v) is 3.92. The molecule has 2 nitrogen and oxygen atoms in total. The third kappa shape index (κ3) is 6.42. The summed E-state index contributed by atoms with van der Waals surface area (Å²) in [5, 5.41) is 10.1. The van der Waals surface area contributed by atoms with Crippen molar-refractivity contribution >= 4 is 0 Å². The van der Waals surface area contributed by atoms with Gasteiger partial charge in [-0.15, -0.1) is 0 Å². The fourth-order valence-electron chi connectivity index (χ4n) is 2.69. The van der Waals surface area contributed by atoms with Gasteiger partial charge in [0.15, 0.2) is 0 Å². The molecule has 0 spiro atoms. The van der Waals surface area contributed by atoms with E-state index >= 15 is 0 Å². The van der Waals surface area contributed by atoms with Crippen molar-refractivity contribution in [2.45, 2.75) is 65.4 Å². The average Bonchev–Trinajstić information content (AvgIpc) is 2.28. The van der Waals surface area contributed by atoms with E-state index in [-0.39, 0.29) is 6.10 Å². The first-order chi connectivity index (χ1) is 8.09. The van der Waals surface area contributed by atoms with E-state index in [9.17, 15) is 5.11 Å². The smallest absolute Gasteiger partial charge is 0.0590 e. The standard InChI is InChI=1S/C15H30O2/c1-12(2)7-9-17-10-8-15(16)14-6-4-5-13(3)11-14/h12-16H,4-11H2,1-3H3. The van der Waals surface area contributed by atoms with Gasteiger partial charge >= 0.3 is 0 Å². The molecule has 1 rings (SSSR count). The lowest BCUT2D eigenvalue weighted by molar-refractivity contribution is 0.0297. The first-order valence-electron chi connectivity index (χ1n) is 7.35. The number of aliphatic hydroxyl groups excluding tert-OH is 1. The minimum atomic E-state index is -0.142. The molecule has 0 aromatic carbocycles. The summed E-state index contributed by atoms with van der Waals surface area (Å²) >= 11 is 0. The minimum absolute atomic E-state index is 0.142. The Morgan fingerprint density at radius 2 is 1.88 bits per heavy atom. The summed E-state index contributed by atoms with van der Waals surface area (Å²) in [6.07, 6.45) is 6.83. The van der Waals surface area contributed by atoms with Crippen molar-refractivity contribution in [3.63, 3.8) is 0 Å². The van der Waals surface area contributed by atoms with Gasteiger partial charge in [-0.25, -0.2) is 0 Å². The van der Waals surface area contributed by atoms with Crippen molar-refractivity contribution in [1.29, 1.82) is 0 Å². The van der Waals surface area contributed by atoms with Crippen LogP contribution in [0.2, 0.25) is 0 Å². The fraction of sp³-hybridized carbons (Fsp3) is 1.00. The second-order valence-corrected chi connectivity index (χ2v) is 6.18. The number of aliphatic hydroxyl groups is 1. The van der Waals surface area contributed by atoms with Crippen LogP contribution in [0.25, 0.3) is 0 Å². The monoisotopic (exact) mass is 242 g/mol. The van der Waals surface area contributed by atoms with Crippen LogP contribution in [-0.2, 0) is 4.74 Å². The lowest BCUT2D eigenvalue weighted by atomic mass is 9.79. The van der Waals surface area contributed by atoms with Crippen molar-refractivity contribution in [1.82, 2.24) is 0 Å². The molecule has 0 saturated heterocycles. The molecular weight excluding hydrogens is 212 g/mol. The number of rotatable bonds is 7. The summed E-state index contributed by atoms with van der Waals surface area (Å²) in [5.41, 5.74) is 0. The maximum Gasteiger partial charge on any atom is 0.0590 e. The molecule has 0 aromatic heterocycles. The minimum Gasteiger partial charge on any atom is -0.393 e. The quantitative estimate of drug-likeness (QED) is 0.691. The second-order valence-electron chi connectivity index (χ2n) is 6.18. The van der Waals surface area contributed by atoms with Crippen LogP contribution in [0.15, 0.2) is 0 Å². The van der Waals surface area contributed by atoms with Gasteiger partial charge in [0, 0.05) is 13.2 Å². The molecule has 0 aliphatic heterocycles. The van der Waals surface area contributed by atoms with Gasteiger partial charge in [-0.2, -0.15) is 0 Å². The first-order valence-corrected chi connectivity index (χ1v) is 7.35. The van der Waals surface area contributed by atoms with E-state index in [0.717, 1.165) is 32.0 Å². The Hall–Kier alpha value is -0.0800. The Morgan fingerprint density at radius 1 is 1.18 bits per heavy atom. The molecule has 0 bridgehead atoms. The molecule has 2 heteroatoms. The molecule has 102 valence electrons. The van der Waals surface area contributed by atoms with Gasteiger partial charge in [0.1, 0.15) is 0 Å². The van der Waals surface area contributed by atoms with Gasteiger partial charge in [-0.05, 0) is 43.4 Å². The summed E-state index contributed by atoms with van der Waals surface area (Å²) in [5.74, 6) is 2.02. The summed E-state index contributed by atoms with van der Waals surface area (Å²) < 4.78 is 5.57. The fourth-order valence-corrected chi connectivity index (χ4v) is 2.69. The average molecular weight is 242 g/mol. The predicted molar refractivity (Wildman–Crippen MR) is 72.0 cm³/mol. The van der Waals surface area contributed by atoms with Gasteiger partial charge in [0.05, 0.1) is 6.10 Å². The normalized spacial score (nSPS) is 27.4. The zero-order valence-electron chi connectivity index (χ0n) is 11.8. The molecule has 0 heterocycles. The highest BCUT2D eigenvalue weighted by molar-refractivity contribution is 4.76. The number of hydrogen-bond donors (Lipinski definition) is 1. The van der Waals surface area contributed by atoms with Crippen LogP contribution in [-0.4, -0.2) is 24.4 Å². The highest BCUT2D eigenvalue weighted by Gasteiger charge is 2.24. The lowest BCUT2D eigenvalue weighted by Crippen LogP contribution is -2.27. The Morgan fingerprint density at radius 3 is 2.53 bits per heavy atom. The summed E-state index contributed by atoms with van der Waals surface area (Å²) in [6.45, 7) is 8.28. The molecule has 0 amide bonds. The van der Waals surface area contributed by atoms with E-state index in [4.69, 9.17) is 4.74 Å². The summed E-state index contributed by atoms with van der Waals surface area (Å²) in [7, 11) is 0. The van der Waals surface area contributed by atoms with Gasteiger partial charge in [-0.1, -0.05) is 33.6 Å². The molecule has 1 N–H and O–H groups in total. The molecule has 3 unspecified atom stereocenters. The molecule has 1 aliphatic rings. The van der Waals surface area contributed by atoms with Gasteiger partial charge in [-0.3, -0.25) is 0 Å². The van der Waals surface area contributed by atoms with E-state index in [1.165, 1.54) is 25.7 Å². The predicted octanol–water partition coefficient (Wildman–Crippen LogP) is 3.63. The van der Waals surface area contributed by atoms with Crippen LogP contribution < -0.4 is 0 Å². The topological polar surface area (TPSA) is 29.5 Å². The van der Waals surface area contributed by atoms with Crippen LogP contribution in [0, 0.1) is 17.8 Å². The highest BCUT2D eigenvalue weighted by atomic mass is 16.5. The van der Waals surface area contributed by atoms with Crippen LogP contribution in [0.5, 0.6) is 0 Å². The molecule has 1 aliphatic carbocycles. The largest absolute Gasteiger partial charge is 0.393 e. The molecule has 17 heavy (non-hydrogen) atoms. The molecule has 3 atom stereocenters. The number of ether oxygens (including phenoxy) is 1.